The summed E-state index contributed by atoms with van der Waals surface area (Å²) < 4.78 is 0. The molecule has 0 aromatic carbocycles. The normalized spacial score (nSPS) is 23.4. The Labute approximate surface area is 124 Å². The monoisotopic (exact) mass is 283 g/mol. The molecule has 1 heterocycles. The molecule has 0 aliphatic carbocycles. The van der Waals surface area contributed by atoms with Crippen molar-refractivity contribution in [2.45, 2.75) is 78.2 Å². The number of hydrogen-bond donors (Lipinski definition) is 1. The van der Waals surface area contributed by atoms with Crippen LogP contribution in [0.25, 0.3) is 0 Å². The van der Waals surface area contributed by atoms with E-state index in [1.54, 1.807) is 0 Å². The molecular weight excluding hydrogens is 250 g/mol. The summed E-state index contributed by atoms with van der Waals surface area (Å²) in [6, 6.07) is 0.659. The van der Waals surface area contributed by atoms with Crippen molar-refractivity contribution >= 4 is 5.97 Å². The van der Waals surface area contributed by atoms with E-state index in [1.807, 2.05) is 0 Å². The molecule has 1 aliphatic heterocycles. The lowest BCUT2D eigenvalue weighted by Gasteiger charge is -2.39. The van der Waals surface area contributed by atoms with Gasteiger partial charge in [-0.15, -0.1) is 0 Å². The first-order valence-electron chi connectivity index (χ1n) is 8.50. The van der Waals surface area contributed by atoms with Crippen molar-refractivity contribution < 1.29 is 9.90 Å². The number of carbonyl (C=O) groups is 1. The van der Waals surface area contributed by atoms with Gasteiger partial charge in [-0.1, -0.05) is 39.5 Å². The van der Waals surface area contributed by atoms with E-state index in [9.17, 15) is 4.79 Å². The van der Waals surface area contributed by atoms with Gasteiger partial charge in [-0.3, -0.25) is 4.79 Å². The summed E-state index contributed by atoms with van der Waals surface area (Å²) in [5.74, 6) is 0.225. The molecule has 0 aromatic rings. The fourth-order valence-electron chi connectivity index (χ4n) is 3.40. The Morgan fingerprint density at radius 3 is 2.70 bits per heavy atom. The van der Waals surface area contributed by atoms with Crippen LogP contribution >= 0.6 is 0 Å². The van der Waals surface area contributed by atoms with Gasteiger partial charge in [0.05, 0.1) is 0 Å². The molecule has 1 aliphatic rings. The van der Waals surface area contributed by atoms with Crippen LogP contribution in [-0.2, 0) is 4.79 Å². The van der Waals surface area contributed by atoms with Crippen LogP contribution in [0.15, 0.2) is 0 Å². The molecule has 3 heteroatoms. The Bertz CT molecular complexity index is 280. The Morgan fingerprint density at radius 1 is 1.30 bits per heavy atom. The molecule has 0 spiro atoms. The van der Waals surface area contributed by atoms with Crippen LogP contribution in [-0.4, -0.2) is 35.1 Å². The van der Waals surface area contributed by atoms with Crippen LogP contribution in [0.5, 0.6) is 0 Å². The number of nitrogens with zero attached hydrogens (tertiary/aromatic N) is 1. The molecule has 118 valence electrons. The maximum absolute atomic E-state index is 10.9. The lowest BCUT2D eigenvalue weighted by Crippen LogP contribution is -2.43. The number of unbranched alkanes of at least 4 members (excludes halogenated alkanes) is 3. The predicted octanol–water partition coefficient (Wildman–Crippen LogP) is 4.17. The van der Waals surface area contributed by atoms with Crippen LogP contribution < -0.4 is 0 Å². The fourth-order valence-corrected chi connectivity index (χ4v) is 3.40. The van der Waals surface area contributed by atoms with E-state index in [2.05, 4.69) is 25.7 Å². The summed E-state index contributed by atoms with van der Waals surface area (Å²) in [7, 11) is 0. The number of rotatable bonds is 9. The smallest absolute Gasteiger partial charge is 0.303 e. The van der Waals surface area contributed by atoms with Crippen molar-refractivity contribution in [3.63, 3.8) is 0 Å². The minimum absolute atomic E-state index is 0.308. The van der Waals surface area contributed by atoms with Gasteiger partial charge in [0.1, 0.15) is 0 Å². The SMILES string of the molecule is CCCCCCC(C)N1CCCC(C(C)CC(=O)O)C1. The van der Waals surface area contributed by atoms with Crippen molar-refractivity contribution in [3.8, 4) is 0 Å². The van der Waals surface area contributed by atoms with Gasteiger partial charge < -0.3 is 10.0 Å². The van der Waals surface area contributed by atoms with Gasteiger partial charge in [-0.25, -0.2) is 0 Å². The molecule has 1 saturated heterocycles. The second-order valence-electron chi connectivity index (χ2n) is 6.67. The van der Waals surface area contributed by atoms with E-state index in [1.165, 1.54) is 51.5 Å². The van der Waals surface area contributed by atoms with Crippen LogP contribution in [0.1, 0.15) is 72.1 Å². The molecular formula is C17H33NO2. The van der Waals surface area contributed by atoms with Crippen LogP contribution in [0, 0.1) is 11.8 Å². The fraction of sp³-hybridized carbons (Fsp3) is 0.941. The van der Waals surface area contributed by atoms with Gasteiger partial charge in [0.2, 0.25) is 0 Å². The first-order valence-corrected chi connectivity index (χ1v) is 8.50. The van der Waals surface area contributed by atoms with Gasteiger partial charge in [0.25, 0.3) is 0 Å². The predicted molar refractivity (Wildman–Crippen MR) is 83.9 cm³/mol. The average molecular weight is 283 g/mol. The number of aliphatic carboxylic acids is 1. The summed E-state index contributed by atoms with van der Waals surface area (Å²) in [6.07, 6.45) is 9.39. The van der Waals surface area contributed by atoms with Crippen molar-refractivity contribution in [3.05, 3.63) is 0 Å². The maximum Gasteiger partial charge on any atom is 0.303 e. The zero-order chi connectivity index (χ0) is 15.0. The number of carboxylic acid groups (broad SMARTS) is 1. The summed E-state index contributed by atoms with van der Waals surface area (Å²) in [5.41, 5.74) is 0. The molecule has 20 heavy (non-hydrogen) atoms. The summed E-state index contributed by atoms with van der Waals surface area (Å²) in [4.78, 5) is 13.5. The highest BCUT2D eigenvalue weighted by Crippen LogP contribution is 2.28. The molecule has 0 radical (unpaired) electrons. The van der Waals surface area contributed by atoms with Gasteiger partial charge in [-0.2, -0.15) is 0 Å². The highest BCUT2D eigenvalue weighted by atomic mass is 16.4. The zero-order valence-electron chi connectivity index (χ0n) is 13.6. The number of carboxylic acids is 1. The first-order chi connectivity index (χ1) is 9.54. The molecule has 1 fully saturated rings. The molecule has 3 nitrogen and oxygen atoms in total. The minimum Gasteiger partial charge on any atom is -0.481 e. The van der Waals surface area contributed by atoms with Gasteiger partial charge in [0, 0.05) is 19.0 Å². The summed E-state index contributed by atoms with van der Waals surface area (Å²) in [5, 5.41) is 8.94. The van der Waals surface area contributed by atoms with Crippen LogP contribution in [0.2, 0.25) is 0 Å². The summed E-state index contributed by atoms with van der Waals surface area (Å²) >= 11 is 0. The van der Waals surface area contributed by atoms with Crippen LogP contribution in [0.4, 0.5) is 0 Å². The molecule has 3 atom stereocenters. The van der Waals surface area contributed by atoms with E-state index in [0.29, 0.717) is 24.3 Å². The largest absolute Gasteiger partial charge is 0.481 e. The quantitative estimate of drug-likeness (QED) is 0.646. The topological polar surface area (TPSA) is 40.5 Å². The Balaban J connectivity index is 2.33. The molecule has 1 N–H and O–H groups in total. The first kappa shape index (κ1) is 17.5. The van der Waals surface area contributed by atoms with Crippen molar-refractivity contribution in [2.24, 2.45) is 11.8 Å². The van der Waals surface area contributed by atoms with E-state index < -0.39 is 5.97 Å². The number of likely N-dealkylation sites (tertiary alicyclic amines) is 1. The lowest BCUT2D eigenvalue weighted by atomic mass is 9.84. The van der Waals surface area contributed by atoms with E-state index in [4.69, 9.17) is 5.11 Å². The third-order valence-electron chi connectivity index (χ3n) is 4.89. The van der Waals surface area contributed by atoms with Gasteiger partial charge >= 0.3 is 5.97 Å². The molecule has 0 aromatic heterocycles. The molecule has 1 rings (SSSR count). The highest BCUT2D eigenvalue weighted by Gasteiger charge is 2.27. The third kappa shape index (κ3) is 6.25. The van der Waals surface area contributed by atoms with Crippen molar-refractivity contribution in [2.75, 3.05) is 13.1 Å². The number of piperidine rings is 1. The van der Waals surface area contributed by atoms with Crippen LogP contribution in [0.3, 0.4) is 0 Å². The highest BCUT2D eigenvalue weighted by molar-refractivity contribution is 5.67. The molecule has 3 unspecified atom stereocenters. The lowest BCUT2D eigenvalue weighted by molar-refractivity contribution is -0.138. The van der Waals surface area contributed by atoms with E-state index in [0.717, 1.165) is 6.54 Å². The molecule has 0 saturated carbocycles. The molecule has 0 amide bonds. The van der Waals surface area contributed by atoms with Gasteiger partial charge in [0.15, 0.2) is 0 Å². The molecule has 0 bridgehead atoms. The van der Waals surface area contributed by atoms with E-state index >= 15 is 0 Å². The minimum atomic E-state index is -0.651. The Hall–Kier alpha value is -0.570. The number of hydrogen-bond acceptors (Lipinski definition) is 2. The van der Waals surface area contributed by atoms with Crippen molar-refractivity contribution in [1.29, 1.82) is 0 Å². The second kappa shape index (κ2) is 9.38. The standard InChI is InChI=1S/C17H33NO2/c1-4-5-6-7-9-15(3)18-11-8-10-16(13-18)14(2)12-17(19)20/h14-16H,4-13H2,1-3H3,(H,19,20). The zero-order valence-corrected chi connectivity index (χ0v) is 13.6. The van der Waals surface area contributed by atoms with E-state index in [-0.39, 0.29) is 0 Å². The second-order valence-corrected chi connectivity index (χ2v) is 6.67. The maximum atomic E-state index is 10.9. The average Bonchev–Trinajstić information content (AvgIpc) is 2.43. The Morgan fingerprint density at radius 2 is 2.05 bits per heavy atom. The summed E-state index contributed by atoms with van der Waals surface area (Å²) in [6.45, 7) is 9.00. The van der Waals surface area contributed by atoms with Crippen molar-refractivity contribution in [1.82, 2.24) is 4.90 Å². The third-order valence-corrected chi connectivity index (χ3v) is 4.89. The Kier molecular flexibility index (Phi) is 8.20. The van der Waals surface area contributed by atoms with Gasteiger partial charge in [-0.05, 0) is 44.6 Å².